The van der Waals surface area contributed by atoms with E-state index in [1.807, 2.05) is 54.6 Å². The first-order valence-corrected chi connectivity index (χ1v) is 13.7. The minimum absolute atomic E-state index is 0.0295. The quantitative estimate of drug-likeness (QED) is 0.467. The van der Waals surface area contributed by atoms with E-state index in [1.165, 1.54) is 18.7 Å². The van der Waals surface area contributed by atoms with Crippen LogP contribution in [0, 0.1) is 5.92 Å². The summed E-state index contributed by atoms with van der Waals surface area (Å²) in [5.41, 5.74) is 1.87. The molecule has 1 aliphatic heterocycles. The van der Waals surface area contributed by atoms with Crippen molar-refractivity contribution in [3.63, 3.8) is 0 Å². The number of Topliss-reactive ketones (excluding diaryl/α,β-unsaturated/α-hetero) is 1. The largest absolute Gasteiger partial charge is 0.444 e. The number of nitrogens with one attached hydrogen (secondary N) is 1. The Morgan fingerprint density at radius 3 is 2.27 bits per heavy atom. The number of amides is 3. The number of carbonyl (C=O) groups is 4. The third-order valence-corrected chi connectivity index (χ3v) is 6.74. The second kappa shape index (κ2) is 13.6. The number of nitrogens with zero attached hydrogens (tertiary/aromatic N) is 2. The summed E-state index contributed by atoms with van der Waals surface area (Å²) < 4.78 is 5.60. The minimum Gasteiger partial charge on any atom is -0.444 e. The molecule has 216 valence electrons. The highest BCUT2D eigenvalue weighted by Gasteiger charge is 2.45. The Kier molecular flexibility index (Phi) is 10.5. The zero-order chi connectivity index (χ0) is 29.4. The van der Waals surface area contributed by atoms with Crippen LogP contribution in [0.25, 0.3) is 0 Å². The highest BCUT2D eigenvalue weighted by atomic mass is 16.6. The molecular formula is C31H41N3O6. The molecule has 2 aromatic carbocycles. The van der Waals surface area contributed by atoms with Crippen LogP contribution in [0.2, 0.25) is 0 Å². The van der Waals surface area contributed by atoms with Crippen LogP contribution in [-0.2, 0) is 38.6 Å². The first kappa shape index (κ1) is 30.8. The van der Waals surface area contributed by atoms with Crippen LogP contribution in [0.1, 0.15) is 57.7 Å². The summed E-state index contributed by atoms with van der Waals surface area (Å²) in [4.78, 5) is 53.7. The van der Waals surface area contributed by atoms with Crippen LogP contribution in [-0.4, -0.2) is 69.4 Å². The molecule has 1 heterocycles. The van der Waals surface area contributed by atoms with Crippen LogP contribution in [0.4, 0.5) is 4.79 Å². The molecule has 2 aromatic rings. The van der Waals surface area contributed by atoms with Gasteiger partial charge < -0.3 is 24.9 Å². The molecule has 0 spiro atoms. The molecule has 1 fully saturated rings. The fourth-order valence-electron chi connectivity index (χ4n) is 4.95. The molecular weight excluding hydrogens is 510 g/mol. The maximum atomic E-state index is 13.9. The average molecular weight is 552 g/mol. The maximum absolute atomic E-state index is 13.9. The highest BCUT2D eigenvalue weighted by Crippen LogP contribution is 2.27. The van der Waals surface area contributed by atoms with Gasteiger partial charge in [0.1, 0.15) is 17.4 Å². The summed E-state index contributed by atoms with van der Waals surface area (Å²) in [5, 5.41) is 14.5. The lowest BCUT2D eigenvalue weighted by atomic mass is 9.84. The lowest BCUT2D eigenvalue weighted by Crippen LogP contribution is -2.64. The molecule has 9 nitrogen and oxygen atoms in total. The zero-order valence-electron chi connectivity index (χ0n) is 24.1. The molecule has 0 unspecified atom stereocenters. The average Bonchev–Trinajstić information content (AvgIpc) is 2.87. The van der Waals surface area contributed by atoms with Crippen molar-refractivity contribution in [3.8, 4) is 0 Å². The number of piperazine rings is 1. The van der Waals surface area contributed by atoms with Gasteiger partial charge in [0.15, 0.2) is 0 Å². The lowest BCUT2D eigenvalue weighted by molar-refractivity contribution is -0.150. The van der Waals surface area contributed by atoms with Crippen LogP contribution in [0.5, 0.6) is 0 Å². The maximum Gasteiger partial charge on any atom is 0.411 e. The standard InChI is InChI=1S/C31H41N3O6/c1-21(35)16-26(18-24-12-9-13-25(17-24)19-32-22(2)36)28(37)27-29(38)33(20-23-10-7-6-8-11-23)14-15-34(27)30(39)40-31(3,4)5/h6-13,17,26-28,37H,14-16,18-20H2,1-5H3,(H,32,36)/t26-,27-,28-/m0/s1. The third-order valence-electron chi connectivity index (χ3n) is 6.74. The number of ketones is 1. The van der Waals surface area contributed by atoms with Crippen LogP contribution >= 0.6 is 0 Å². The number of hydrogen-bond donors (Lipinski definition) is 2. The highest BCUT2D eigenvalue weighted by molar-refractivity contribution is 5.88. The van der Waals surface area contributed by atoms with E-state index in [2.05, 4.69) is 5.32 Å². The first-order valence-electron chi connectivity index (χ1n) is 13.7. The molecule has 1 saturated heterocycles. The number of carbonyl (C=O) groups excluding carboxylic acids is 4. The smallest absolute Gasteiger partial charge is 0.411 e. The van der Waals surface area contributed by atoms with Crippen molar-refractivity contribution in [2.45, 2.75) is 78.3 Å². The second-order valence-corrected chi connectivity index (χ2v) is 11.5. The molecule has 9 heteroatoms. The molecule has 0 aromatic heterocycles. The monoisotopic (exact) mass is 551 g/mol. The number of benzene rings is 2. The number of ether oxygens (including phenoxy) is 1. The molecule has 0 bridgehead atoms. The number of rotatable bonds is 10. The lowest BCUT2D eigenvalue weighted by Gasteiger charge is -2.44. The van der Waals surface area contributed by atoms with Crippen LogP contribution in [0.3, 0.4) is 0 Å². The first-order chi connectivity index (χ1) is 18.8. The van der Waals surface area contributed by atoms with Crippen molar-refractivity contribution >= 4 is 23.7 Å². The van der Waals surface area contributed by atoms with Gasteiger partial charge in [-0.1, -0.05) is 54.6 Å². The van der Waals surface area contributed by atoms with Crippen LogP contribution in [0.15, 0.2) is 54.6 Å². The van der Waals surface area contributed by atoms with E-state index < -0.39 is 29.8 Å². The molecule has 0 saturated carbocycles. The summed E-state index contributed by atoms with van der Waals surface area (Å²) in [6.45, 7) is 9.30. The molecule has 1 aliphatic rings. The Labute approximate surface area is 236 Å². The predicted octanol–water partition coefficient (Wildman–Crippen LogP) is 3.47. The Bertz CT molecular complexity index is 1190. The van der Waals surface area contributed by atoms with E-state index in [-0.39, 0.29) is 30.6 Å². The van der Waals surface area contributed by atoms with Crippen molar-refractivity contribution in [3.05, 3.63) is 71.3 Å². The van der Waals surface area contributed by atoms with Gasteiger partial charge in [-0.15, -0.1) is 0 Å². The fourth-order valence-corrected chi connectivity index (χ4v) is 4.95. The Hall–Kier alpha value is -3.72. The SMILES string of the molecule is CC(=O)C[C@@H](Cc1cccc(CNC(C)=O)c1)[C@H](O)[C@H]1C(=O)N(Cc2ccccc2)CCN1C(=O)OC(C)(C)C. The summed E-state index contributed by atoms with van der Waals surface area (Å²) in [6.07, 6.45) is -1.66. The van der Waals surface area contributed by atoms with Gasteiger partial charge in [0.2, 0.25) is 11.8 Å². The van der Waals surface area contributed by atoms with E-state index in [0.717, 1.165) is 16.7 Å². The van der Waals surface area contributed by atoms with Gasteiger partial charge in [-0.3, -0.25) is 14.5 Å². The Balaban J connectivity index is 1.91. The second-order valence-electron chi connectivity index (χ2n) is 11.5. The molecule has 0 aliphatic carbocycles. The van der Waals surface area contributed by atoms with E-state index in [4.69, 9.17) is 4.74 Å². The van der Waals surface area contributed by atoms with Crippen molar-refractivity contribution < 1.29 is 29.0 Å². The molecule has 40 heavy (non-hydrogen) atoms. The molecule has 3 amide bonds. The number of aliphatic hydroxyl groups is 1. The zero-order valence-corrected chi connectivity index (χ0v) is 24.1. The van der Waals surface area contributed by atoms with E-state index >= 15 is 0 Å². The summed E-state index contributed by atoms with van der Waals surface area (Å²) >= 11 is 0. The van der Waals surface area contributed by atoms with Gasteiger partial charge in [0.25, 0.3) is 0 Å². The van der Waals surface area contributed by atoms with Crippen molar-refractivity contribution in [1.29, 1.82) is 0 Å². The topological polar surface area (TPSA) is 116 Å². The summed E-state index contributed by atoms with van der Waals surface area (Å²) in [6, 6.07) is 15.8. The molecule has 3 atom stereocenters. The van der Waals surface area contributed by atoms with E-state index in [0.29, 0.717) is 26.1 Å². The van der Waals surface area contributed by atoms with Crippen molar-refractivity contribution in [1.82, 2.24) is 15.1 Å². The summed E-state index contributed by atoms with van der Waals surface area (Å²) in [5.74, 6) is -1.30. The Morgan fingerprint density at radius 2 is 1.65 bits per heavy atom. The predicted molar refractivity (Wildman–Crippen MR) is 151 cm³/mol. The number of aliphatic hydroxyl groups excluding tert-OH is 1. The van der Waals surface area contributed by atoms with Gasteiger partial charge in [-0.2, -0.15) is 0 Å². The van der Waals surface area contributed by atoms with Gasteiger partial charge in [0, 0.05) is 39.5 Å². The van der Waals surface area contributed by atoms with Crippen LogP contribution < -0.4 is 5.32 Å². The fraction of sp³-hybridized carbons (Fsp3) is 0.484. The van der Waals surface area contributed by atoms with Gasteiger partial charge in [0.05, 0.1) is 6.10 Å². The van der Waals surface area contributed by atoms with Gasteiger partial charge in [-0.25, -0.2) is 4.79 Å². The molecule has 0 radical (unpaired) electrons. The molecule has 2 N–H and O–H groups in total. The van der Waals surface area contributed by atoms with Gasteiger partial charge >= 0.3 is 6.09 Å². The third kappa shape index (κ3) is 8.91. The van der Waals surface area contributed by atoms with E-state index in [9.17, 15) is 24.3 Å². The summed E-state index contributed by atoms with van der Waals surface area (Å²) in [7, 11) is 0. The van der Waals surface area contributed by atoms with Crippen molar-refractivity contribution in [2.24, 2.45) is 5.92 Å². The number of hydrogen-bond acceptors (Lipinski definition) is 6. The minimum atomic E-state index is -1.32. The normalized spacial score (nSPS) is 17.2. The molecule has 3 rings (SSSR count). The van der Waals surface area contributed by atoms with Gasteiger partial charge in [-0.05, 0) is 56.7 Å². The Morgan fingerprint density at radius 1 is 1.00 bits per heavy atom. The van der Waals surface area contributed by atoms with E-state index in [1.54, 1.807) is 25.7 Å². The van der Waals surface area contributed by atoms with Crippen molar-refractivity contribution in [2.75, 3.05) is 13.1 Å².